The Labute approximate surface area is 123 Å². The molecule has 2 N–H and O–H groups in total. The van der Waals surface area contributed by atoms with Crippen molar-refractivity contribution in [3.05, 3.63) is 28.7 Å². The van der Waals surface area contributed by atoms with E-state index in [-0.39, 0.29) is 17.5 Å². The second kappa shape index (κ2) is 7.69. The number of ether oxygens (including phenoxy) is 2. The van der Waals surface area contributed by atoms with Gasteiger partial charge in [-0.25, -0.2) is 13.1 Å². The van der Waals surface area contributed by atoms with Crippen molar-refractivity contribution in [2.24, 2.45) is 0 Å². The molecule has 8 heteroatoms. The Kier molecular flexibility index (Phi) is 5.92. The quantitative estimate of drug-likeness (QED) is 0.670. The summed E-state index contributed by atoms with van der Waals surface area (Å²) in [6, 6.07) is 1.18. The highest BCUT2D eigenvalue weighted by Crippen LogP contribution is 2.11. The molecule has 1 aromatic heterocycles. The molecule has 1 atom stereocenters. The fourth-order valence-electron chi connectivity index (χ4n) is 2.06. The van der Waals surface area contributed by atoms with Crippen molar-refractivity contribution in [3.8, 4) is 0 Å². The van der Waals surface area contributed by atoms with E-state index in [0.29, 0.717) is 19.6 Å². The molecule has 0 radical (unpaired) electrons. The summed E-state index contributed by atoms with van der Waals surface area (Å²) in [5.41, 5.74) is -0.532. The summed E-state index contributed by atoms with van der Waals surface area (Å²) in [4.78, 5) is 13.8. The number of hydrogen-bond acceptors (Lipinski definition) is 5. The summed E-state index contributed by atoms with van der Waals surface area (Å²) in [7, 11) is -3.77. The van der Waals surface area contributed by atoms with Crippen LogP contribution in [0.15, 0.2) is 28.2 Å². The summed E-state index contributed by atoms with van der Waals surface area (Å²) >= 11 is 0. The monoisotopic (exact) mass is 316 g/mol. The molecule has 0 saturated carbocycles. The maximum Gasteiger partial charge on any atom is 0.245 e. The molecule has 1 aliphatic rings. The van der Waals surface area contributed by atoms with E-state index in [9.17, 15) is 13.2 Å². The van der Waals surface area contributed by atoms with Gasteiger partial charge in [0.1, 0.15) is 4.90 Å². The Morgan fingerprint density at radius 2 is 2.33 bits per heavy atom. The molecule has 1 aromatic rings. The molecule has 2 heterocycles. The lowest BCUT2D eigenvalue weighted by atomic mass is 10.2. The van der Waals surface area contributed by atoms with Crippen molar-refractivity contribution in [2.75, 3.05) is 26.4 Å². The average Bonchev–Trinajstić information content (AvgIpc) is 2.96. The number of H-pyrrole nitrogens is 1. The molecule has 2 rings (SSSR count). The Morgan fingerprint density at radius 3 is 3.05 bits per heavy atom. The normalized spacial score (nSPS) is 19.0. The molecule has 0 aromatic carbocycles. The van der Waals surface area contributed by atoms with Gasteiger partial charge >= 0.3 is 0 Å². The van der Waals surface area contributed by atoms with Gasteiger partial charge in [0.05, 0.1) is 12.7 Å². The Morgan fingerprint density at radius 1 is 1.48 bits per heavy atom. The van der Waals surface area contributed by atoms with Crippen LogP contribution in [0.5, 0.6) is 0 Å². The molecule has 0 spiro atoms. The van der Waals surface area contributed by atoms with Crippen LogP contribution in [-0.4, -0.2) is 45.9 Å². The van der Waals surface area contributed by atoms with Crippen molar-refractivity contribution in [2.45, 2.75) is 30.3 Å². The van der Waals surface area contributed by atoms with E-state index in [2.05, 4.69) is 9.71 Å². The van der Waals surface area contributed by atoms with E-state index in [1.165, 1.54) is 18.5 Å². The number of aromatic nitrogens is 1. The van der Waals surface area contributed by atoms with Crippen LogP contribution in [0.3, 0.4) is 0 Å². The molecule has 118 valence electrons. The predicted octanol–water partition coefficient (Wildman–Crippen LogP) is 0.239. The largest absolute Gasteiger partial charge is 0.379 e. The third-order valence-electron chi connectivity index (χ3n) is 3.16. The Balaban J connectivity index is 1.68. The summed E-state index contributed by atoms with van der Waals surface area (Å²) in [5.74, 6) is 0. The van der Waals surface area contributed by atoms with Crippen molar-refractivity contribution in [3.63, 3.8) is 0 Å². The van der Waals surface area contributed by atoms with Gasteiger partial charge in [0.25, 0.3) is 0 Å². The third kappa shape index (κ3) is 4.92. The van der Waals surface area contributed by atoms with E-state index in [4.69, 9.17) is 9.47 Å². The number of sulfonamides is 1. The van der Waals surface area contributed by atoms with Crippen molar-refractivity contribution >= 4 is 10.0 Å². The summed E-state index contributed by atoms with van der Waals surface area (Å²) in [5, 5.41) is 0. The molecule has 1 aliphatic heterocycles. The maximum atomic E-state index is 11.9. The number of hydrogen-bond donors (Lipinski definition) is 2. The van der Waals surface area contributed by atoms with Gasteiger partial charge in [-0.2, -0.15) is 0 Å². The van der Waals surface area contributed by atoms with Gasteiger partial charge < -0.3 is 14.5 Å². The van der Waals surface area contributed by atoms with Gasteiger partial charge in [-0.1, -0.05) is 0 Å². The average molecular weight is 316 g/mol. The minimum Gasteiger partial charge on any atom is -0.379 e. The fraction of sp³-hybridized carbons (Fsp3) is 0.615. The maximum absolute atomic E-state index is 11.9. The first-order chi connectivity index (χ1) is 10.1. The summed E-state index contributed by atoms with van der Waals surface area (Å²) in [6.07, 6.45) is 5.36. The number of pyridine rings is 1. The van der Waals surface area contributed by atoms with Crippen LogP contribution in [0.25, 0.3) is 0 Å². The molecule has 0 amide bonds. The fourth-order valence-corrected chi connectivity index (χ4v) is 3.18. The van der Waals surface area contributed by atoms with Crippen LogP contribution in [0.2, 0.25) is 0 Å². The first kappa shape index (κ1) is 16.2. The highest BCUT2D eigenvalue weighted by molar-refractivity contribution is 7.89. The van der Waals surface area contributed by atoms with Gasteiger partial charge in [0, 0.05) is 38.2 Å². The van der Waals surface area contributed by atoms with Crippen molar-refractivity contribution in [1.29, 1.82) is 0 Å². The molecule has 1 unspecified atom stereocenters. The number of nitrogens with one attached hydrogen (secondary N) is 2. The Hall–Kier alpha value is -1.22. The van der Waals surface area contributed by atoms with Crippen LogP contribution >= 0.6 is 0 Å². The molecule has 1 fully saturated rings. The van der Waals surface area contributed by atoms with E-state index in [0.717, 1.165) is 19.4 Å². The van der Waals surface area contributed by atoms with Gasteiger partial charge in [-0.3, -0.25) is 4.79 Å². The molecule has 0 aliphatic carbocycles. The molecular formula is C13H20N2O5S. The van der Waals surface area contributed by atoms with Gasteiger partial charge in [0.15, 0.2) is 0 Å². The van der Waals surface area contributed by atoms with Crippen LogP contribution < -0.4 is 10.2 Å². The molecule has 21 heavy (non-hydrogen) atoms. The van der Waals surface area contributed by atoms with Crippen molar-refractivity contribution in [1.82, 2.24) is 9.71 Å². The number of aromatic amines is 1. The zero-order valence-electron chi connectivity index (χ0n) is 11.7. The van der Waals surface area contributed by atoms with E-state index < -0.39 is 15.5 Å². The van der Waals surface area contributed by atoms with E-state index in [1.54, 1.807) is 0 Å². The first-order valence-electron chi connectivity index (χ1n) is 6.96. The molecule has 1 saturated heterocycles. The van der Waals surface area contributed by atoms with Crippen LogP contribution in [0.4, 0.5) is 0 Å². The molecule has 7 nitrogen and oxygen atoms in total. The van der Waals surface area contributed by atoms with Crippen LogP contribution in [0, 0.1) is 0 Å². The Bertz CT molecular complexity index is 593. The lowest BCUT2D eigenvalue weighted by molar-refractivity contribution is 0.0169. The topological polar surface area (TPSA) is 97.5 Å². The zero-order chi connectivity index (χ0) is 15.1. The standard InChI is InChI=1S/C13H20N2O5S/c16-12-4-6-14-9-13(12)21(17,18)15-5-2-7-19-10-11-3-1-8-20-11/h4,6,9,11,15H,1-3,5,7-8,10H2,(H,14,16). The SMILES string of the molecule is O=c1cc[nH]cc1S(=O)(=O)NCCCOCC1CCCO1. The predicted molar refractivity (Wildman–Crippen MR) is 76.7 cm³/mol. The third-order valence-corrected chi connectivity index (χ3v) is 4.65. The van der Waals surface area contributed by atoms with E-state index in [1.807, 2.05) is 0 Å². The zero-order valence-corrected chi connectivity index (χ0v) is 12.5. The lowest BCUT2D eigenvalue weighted by Gasteiger charge is -2.10. The van der Waals surface area contributed by atoms with Gasteiger partial charge in [0.2, 0.25) is 15.5 Å². The van der Waals surface area contributed by atoms with Crippen LogP contribution in [0.1, 0.15) is 19.3 Å². The lowest BCUT2D eigenvalue weighted by Crippen LogP contribution is -2.29. The summed E-state index contributed by atoms with van der Waals surface area (Å²) < 4.78 is 37.0. The summed E-state index contributed by atoms with van der Waals surface area (Å²) in [6.45, 7) is 2.01. The minimum absolute atomic E-state index is 0.171. The highest BCUT2D eigenvalue weighted by Gasteiger charge is 2.17. The van der Waals surface area contributed by atoms with E-state index >= 15 is 0 Å². The highest BCUT2D eigenvalue weighted by atomic mass is 32.2. The minimum atomic E-state index is -3.77. The smallest absolute Gasteiger partial charge is 0.245 e. The van der Waals surface area contributed by atoms with Crippen molar-refractivity contribution < 1.29 is 17.9 Å². The van der Waals surface area contributed by atoms with Gasteiger partial charge in [-0.15, -0.1) is 0 Å². The second-order valence-corrected chi connectivity index (χ2v) is 6.57. The molecular weight excluding hydrogens is 296 g/mol. The van der Waals surface area contributed by atoms with Gasteiger partial charge in [-0.05, 0) is 19.3 Å². The number of rotatable bonds is 8. The first-order valence-corrected chi connectivity index (χ1v) is 8.44. The second-order valence-electron chi connectivity index (χ2n) is 4.83. The molecule has 0 bridgehead atoms. The van der Waals surface area contributed by atoms with Crippen LogP contribution in [-0.2, 0) is 19.5 Å².